The number of nitrogens with one attached hydrogen (secondary N) is 1. The lowest BCUT2D eigenvalue weighted by Crippen LogP contribution is -2.68. The number of likely N-dealkylation sites (tertiary alicyclic amines) is 1. The summed E-state index contributed by atoms with van der Waals surface area (Å²) in [5, 5.41) is 3.81. The smallest absolute Gasteiger partial charge is 0.193 e. The van der Waals surface area contributed by atoms with E-state index in [4.69, 9.17) is 4.74 Å². The van der Waals surface area contributed by atoms with E-state index in [-0.39, 0.29) is 5.41 Å². The van der Waals surface area contributed by atoms with Gasteiger partial charge in [-0.1, -0.05) is 26.7 Å². The van der Waals surface area contributed by atoms with E-state index in [0.29, 0.717) is 23.5 Å². The topological polar surface area (TPSA) is 36.9 Å². The van der Waals surface area contributed by atoms with Crippen LogP contribution in [0, 0.1) is 16.7 Å². The summed E-state index contributed by atoms with van der Waals surface area (Å²) in [5.74, 6) is 1.81. The van der Waals surface area contributed by atoms with Gasteiger partial charge in [0.1, 0.15) is 0 Å². The van der Waals surface area contributed by atoms with Crippen LogP contribution in [0.25, 0.3) is 0 Å². The Kier molecular flexibility index (Phi) is 3.44. The molecule has 4 aliphatic rings. The van der Waals surface area contributed by atoms with E-state index < -0.39 is 0 Å². The summed E-state index contributed by atoms with van der Waals surface area (Å²) < 4.78 is 5.92. The van der Waals surface area contributed by atoms with E-state index in [1.165, 1.54) is 51.6 Å². The lowest BCUT2D eigenvalue weighted by molar-refractivity contribution is -0.107. The van der Waals surface area contributed by atoms with Gasteiger partial charge in [0.2, 0.25) is 0 Å². The number of aliphatic imine (C=N–C) groups is 1. The van der Waals surface area contributed by atoms with Crippen molar-refractivity contribution in [2.45, 2.75) is 64.5 Å². The third-order valence-corrected chi connectivity index (χ3v) is 7.00. The van der Waals surface area contributed by atoms with Gasteiger partial charge in [0.05, 0.1) is 6.10 Å². The SMILES string of the molecule is CN=C(NC1C2CCOC2C1(C)C)N1CCC2(CCCC2)C1. The quantitative estimate of drug-likeness (QED) is 0.598. The number of guanidine groups is 1. The maximum absolute atomic E-state index is 5.92. The molecule has 2 heterocycles. The molecule has 0 aromatic carbocycles. The maximum atomic E-state index is 5.92. The van der Waals surface area contributed by atoms with E-state index in [9.17, 15) is 0 Å². The fourth-order valence-electron chi connectivity index (χ4n) is 5.70. The fourth-order valence-corrected chi connectivity index (χ4v) is 5.70. The second-order valence-electron chi connectivity index (χ2n) is 8.61. The van der Waals surface area contributed by atoms with Crippen molar-refractivity contribution >= 4 is 5.96 Å². The summed E-state index contributed by atoms with van der Waals surface area (Å²) in [7, 11) is 1.94. The van der Waals surface area contributed by atoms with Crippen molar-refractivity contribution in [1.82, 2.24) is 10.2 Å². The third-order valence-electron chi connectivity index (χ3n) is 7.00. The van der Waals surface area contributed by atoms with Gasteiger partial charge in [0.15, 0.2) is 5.96 Å². The van der Waals surface area contributed by atoms with Gasteiger partial charge >= 0.3 is 0 Å². The average molecular weight is 305 g/mol. The van der Waals surface area contributed by atoms with Crippen LogP contribution in [0.4, 0.5) is 0 Å². The molecule has 4 rings (SSSR count). The molecule has 0 aromatic rings. The standard InChI is InChI=1S/C18H31N3O/c1-17(2)14(13-6-11-22-15(13)17)20-16(19-3)21-10-9-18(12-21)7-4-5-8-18/h13-15H,4-12H2,1-3H3,(H,19,20). The molecule has 0 amide bonds. The zero-order valence-electron chi connectivity index (χ0n) is 14.4. The molecule has 1 N–H and O–H groups in total. The molecule has 124 valence electrons. The van der Waals surface area contributed by atoms with Crippen LogP contribution in [0.15, 0.2) is 4.99 Å². The van der Waals surface area contributed by atoms with Crippen LogP contribution in [0.2, 0.25) is 0 Å². The van der Waals surface area contributed by atoms with Gasteiger partial charge in [-0.2, -0.15) is 0 Å². The summed E-state index contributed by atoms with van der Waals surface area (Å²) in [6.45, 7) is 8.00. The minimum atomic E-state index is 0.224. The number of rotatable bonds is 1. The van der Waals surface area contributed by atoms with Gasteiger partial charge in [0.25, 0.3) is 0 Å². The van der Waals surface area contributed by atoms with Gasteiger partial charge in [-0.3, -0.25) is 4.99 Å². The van der Waals surface area contributed by atoms with Crippen molar-refractivity contribution in [1.29, 1.82) is 0 Å². The van der Waals surface area contributed by atoms with Crippen molar-refractivity contribution in [2.24, 2.45) is 21.7 Å². The first kappa shape index (κ1) is 14.8. The molecular weight excluding hydrogens is 274 g/mol. The summed E-state index contributed by atoms with van der Waals surface area (Å²) in [6.07, 6.45) is 8.71. The van der Waals surface area contributed by atoms with E-state index in [2.05, 4.69) is 29.1 Å². The van der Waals surface area contributed by atoms with Crippen LogP contribution in [0.5, 0.6) is 0 Å². The molecule has 2 saturated heterocycles. The lowest BCUT2D eigenvalue weighted by atomic mass is 9.57. The van der Waals surface area contributed by atoms with Crippen LogP contribution in [-0.2, 0) is 4.74 Å². The summed E-state index contributed by atoms with van der Waals surface area (Å²) >= 11 is 0. The fraction of sp³-hybridized carbons (Fsp3) is 0.944. The van der Waals surface area contributed by atoms with E-state index in [1.54, 1.807) is 0 Å². The Bertz CT molecular complexity index is 467. The number of ether oxygens (including phenoxy) is 1. The highest BCUT2D eigenvalue weighted by Crippen LogP contribution is 2.52. The minimum Gasteiger partial charge on any atom is -0.377 e. The second kappa shape index (κ2) is 5.12. The monoisotopic (exact) mass is 305 g/mol. The first-order valence-electron chi connectivity index (χ1n) is 9.16. The van der Waals surface area contributed by atoms with Crippen LogP contribution in [0.1, 0.15) is 52.4 Å². The van der Waals surface area contributed by atoms with Gasteiger partial charge in [-0.25, -0.2) is 0 Å². The second-order valence-corrected chi connectivity index (χ2v) is 8.61. The number of hydrogen-bond acceptors (Lipinski definition) is 2. The largest absolute Gasteiger partial charge is 0.377 e. The zero-order valence-corrected chi connectivity index (χ0v) is 14.4. The van der Waals surface area contributed by atoms with Crippen LogP contribution in [0.3, 0.4) is 0 Å². The van der Waals surface area contributed by atoms with Crippen LogP contribution in [-0.4, -0.2) is 49.7 Å². The van der Waals surface area contributed by atoms with Crippen molar-refractivity contribution in [3.8, 4) is 0 Å². The molecule has 2 aliphatic heterocycles. The molecule has 2 aliphatic carbocycles. The van der Waals surface area contributed by atoms with E-state index in [1.807, 2.05) is 7.05 Å². The average Bonchev–Trinajstić information content (AvgIpc) is 3.22. The maximum Gasteiger partial charge on any atom is 0.193 e. The molecule has 2 saturated carbocycles. The summed E-state index contributed by atoms with van der Waals surface area (Å²) in [6, 6.07) is 0.513. The molecule has 0 aromatic heterocycles. The van der Waals surface area contributed by atoms with Crippen molar-refractivity contribution < 1.29 is 4.74 Å². The van der Waals surface area contributed by atoms with Gasteiger partial charge in [-0.15, -0.1) is 0 Å². The Morgan fingerprint density at radius 3 is 2.73 bits per heavy atom. The highest BCUT2D eigenvalue weighted by molar-refractivity contribution is 5.81. The highest BCUT2D eigenvalue weighted by atomic mass is 16.5. The van der Waals surface area contributed by atoms with Crippen molar-refractivity contribution in [2.75, 3.05) is 26.7 Å². The Hall–Kier alpha value is -0.770. The molecule has 0 bridgehead atoms. The molecule has 1 spiro atoms. The van der Waals surface area contributed by atoms with Gasteiger partial charge in [0, 0.05) is 44.1 Å². The predicted molar refractivity (Wildman–Crippen MR) is 89.0 cm³/mol. The Morgan fingerprint density at radius 1 is 1.23 bits per heavy atom. The minimum absolute atomic E-state index is 0.224. The highest BCUT2D eigenvalue weighted by Gasteiger charge is 2.60. The Morgan fingerprint density at radius 2 is 2.00 bits per heavy atom. The van der Waals surface area contributed by atoms with Gasteiger partial charge < -0.3 is 15.0 Å². The van der Waals surface area contributed by atoms with E-state index in [0.717, 1.165) is 12.6 Å². The van der Waals surface area contributed by atoms with Crippen molar-refractivity contribution in [3.05, 3.63) is 0 Å². The van der Waals surface area contributed by atoms with Crippen LogP contribution < -0.4 is 5.32 Å². The molecule has 4 fully saturated rings. The molecule has 22 heavy (non-hydrogen) atoms. The Balaban J connectivity index is 1.43. The third kappa shape index (κ3) is 2.10. The molecule has 0 radical (unpaired) electrons. The first-order chi connectivity index (χ1) is 10.6. The molecular formula is C18H31N3O. The normalized spacial score (nSPS) is 39.1. The predicted octanol–water partition coefficient (Wildman–Crippen LogP) is 2.64. The Labute approximate surface area is 134 Å². The summed E-state index contributed by atoms with van der Waals surface area (Å²) in [5.41, 5.74) is 0.827. The number of hydrogen-bond donors (Lipinski definition) is 1. The number of fused-ring (bicyclic) bond motifs is 1. The molecule has 3 unspecified atom stereocenters. The number of nitrogens with zero attached hydrogens (tertiary/aromatic N) is 2. The van der Waals surface area contributed by atoms with Crippen molar-refractivity contribution in [3.63, 3.8) is 0 Å². The summed E-state index contributed by atoms with van der Waals surface area (Å²) in [4.78, 5) is 7.14. The van der Waals surface area contributed by atoms with Crippen LogP contribution >= 0.6 is 0 Å². The lowest BCUT2D eigenvalue weighted by Gasteiger charge is -2.55. The van der Waals surface area contributed by atoms with Gasteiger partial charge in [-0.05, 0) is 31.1 Å². The molecule has 4 heteroatoms. The van der Waals surface area contributed by atoms with E-state index >= 15 is 0 Å². The molecule has 3 atom stereocenters. The zero-order chi connectivity index (χ0) is 15.4. The molecule has 4 nitrogen and oxygen atoms in total. The first-order valence-corrected chi connectivity index (χ1v) is 9.16.